The monoisotopic (exact) mass is 451 g/mol. The first-order chi connectivity index (χ1) is 15.8. The van der Waals surface area contributed by atoms with Crippen LogP contribution in [0.3, 0.4) is 0 Å². The summed E-state index contributed by atoms with van der Waals surface area (Å²) in [5.41, 5.74) is 0. The van der Waals surface area contributed by atoms with E-state index in [4.69, 9.17) is 0 Å². The lowest BCUT2D eigenvalue weighted by molar-refractivity contribution is -0.135. The fourth-order valence-electron chi connectivity index (χ4n) is 5.28. The lowest BCUT2D eigenvalue weighted by atomic mass is 9.98. The molecule has 0 aromatic rings. The number of carbonyl (C=O) groups is 1. The number of likely N-dealkylation sites (tertiary alicyclic amines) is 1. The molecule has 1 atom stereocenters. The van der Waals surface area contributed by atoms with Crippen LogP contribution in [-0.4, -0.2) is 35.1 Å². The van der Waals surface area contributed by atoms with Crippen LogP contribution in [-0.2, 0) is 4.79 Å². The normalized spacial score (nSPS) is 16.6. The molecule has 0 bridgehead atoms. The molecule has 1 saturated heterocycles. The summed E-state index contributed by atoms with van der Waals surface area (Å²) in [5, 5.41) is 9.23. The van der Waals surface area contributed by atoms with Crippen LogP contribution < -0.4 is 0 Å². The van der Waals surface area contributed by atoms with Crippen molar-refractivity contribution in [2.75, 3.05) is 13.2 Å². The van der Waals surface area contributed by atoms with Crippen molar-refractivity contribution in [1.29, 1.82) is 0 Å². The number of carbonyl (C=O) groups excluding carboxylic acids is 1. The zero-order valence-electron chi connectivity index (χ0n) is 21.8. The molecule has 0 aromatic heterocycles. The Balaban J connectivity index is 1.79. The van der Waals surface area contributed by atoms with E-state index in [2.05, 4.69) is 11.8 Å². The van der Waals surface area contributed by atoms with Crippen LogP contribution in [0, 0.1) is 0 Å². The molecule has 1 aliphatic heterocycles. The van der Waals surface area contributed by atoms with Crippen LogP contribution >= 0.6 is 0 Å². The summed E-state index contributed by atoms with van der Waals surface area (Å²) in [4.78, 5) is 14.6. The van der Waals surface area contributed by atoms with Crippen LogP contribution in [0.1, 0.15) is 161 Å². The van der Waals surface area contributed by atoms with Gasteiger partial charge in [-0.25, -0.2) is 0 Å². The number of hydrogen-bond donors (Lipinski definition) is 1. The van der Waals surface area contributed by atoms with Crippen molar-refractivity contribution in [2.24, 2.45) is 0 Å². The number of amides is 1. The zero-order valence-corrected chi connectivity index (χ0v) is 21.8. The van der Waals surface area contributed by atoms with Crippen molar-refractivity contribution in [3.8, 4) is 0 Å². The third kappa shape index (κ3) is 16.1. The van der Waals surface area contributed by atoms with Crippen molar-refractivity contribution in [1.82, 2.24) is 4.90 Å². The third-order valence-electron chi connectivity index (χ3n) is 7.40. The molecular formula is C29H57NO2. The molecule has 0 aliphatic carbocycles. The topological polar surface area (TPSA) is 40.5 Å². The number of nitrogens with zero attached hydrogens (tertiary/aromatic N) is 1. The molecule has 1 N–H and O–H groups in total. The Morgan fingerprint density at radius 3 is 1.56 bits per heavy atom. The third-order valence-corrected chi connectivity index (χ3v) is 7.40. The number of aliphatic hydroxyl groups is 1. The van der Waals surface area contributed by atoms with E-state index >= 15 is 0 Å². The largest absolute Gasteiger partial charge is 0.396 e. The quantitative estimate of drug-likeness (QED) is 0.167. The smallest absolute Gasteiger partial charge is 0.222 e. The first kappa shape index (κ1) is 29.5. The summed E-state index contributed by atoms with van der Waals surface area (Å²) < 4.78 is 0. The predicted molar refractivity (Wildman–Crippen MR) is 139 cm³/mol. The Bertz CT molecular complexity index is 410. The van der Waals surface area contributed by atoms with Gasteiger partial charge in [0, 0.05) is 25.6 Å². The molecule has 0 radical (unpaired) electrons. The Kier molecular flexibility index (Phi) is 20.5. The fraction of sp³-hybridized carbons (Fsp3) is 0.966. The Morgan fingerprint density at radius 2 is 1.12 bits per heavy atom. The van der Waals surface area contributed by atoms with Gasteiger partial charge in [-0.3, -0.25) is 4.79 Å². The maximum absolute atomic E-state index is 12.5. The van der Waals surface area contributed by atoms with Crippen LogP contribution in [0.25, 0.3) is 0 Å². The van der Waals surface area contributed by atoms with Gasteiger partial charge in [0.05, 0.1) is 0 Å². The van der Waals surface area contributed by atoms with Crippen molar-refractivity contribution < 1.29 is 9.90 Å². The number of unbranched alkanes of at least 4 members (excludes halogenated alkanes) is 18. The van der Waals surface area contributed by atoms with E-state index in [-0.39, 0.29) is 6.61 Å². The molecule has 190 valence electrons. The second-order valence-corrected chi connectivity index (χ2v) is 10.4. The highest BCUT2D eigenvalue weighted by atomic mass is 16.3. The SMILES string of the molecule is CCCCCCCCCCCCCCCCCCCCCC(=O)N1CCCCC1CCO. The van der Waals surface area contributed by atoms with E-state index in [9.17, 15) is 9.90 Å². The highest BCUT2D eigenvalue weighted by Crippen LogP contribution is 2.21. The lowest BCUT2D eigenvalue weighted by Crippen LogP contribution is -2.44. The van der Waals surface area contributed by atoms with Gasteiger partial charge in [-0.1, -0.05) is 122 Å². The van der Waals surface area contributed by atoms with E-state index in [1.54, 1.807) is 0 Å². The molecule has 3 nitrogen and oxygen atoms in total. The molecule has 1 unspecified atom stereocenters. The number of hydrogen-bond acceptors (Lipinski definition) is 2. The minimum atomic E-state index is 0.202. The van der Waals surface area contributed by atoms with Gasteiger partial charge in [0.1, 0.15) is 0 Å². The van der Waals surface area contributed by atoms with Crippen LogP contribution in [0.5, 0.6) is 0 Å². The molecule has 1 amide bonds. The molecule has 32 heavy (non-hydrogen) atoms. The molecule has 1 fully saturated rings. The van der Waals surface area contributed by atoms with Crippen molar-refractivity contribution in [3.63, 3.8) is 0 Å². The molecule has 1 heterocycles. The molecule has 1 rings (SSSR count). The van der Waals surface area contributed by atoms with E-state index in [0.717, 1.165) is 32.2 Å². The van der Waals surface area contributed by atoms with Gasteiger partial charge in [-0.2, -0.15) is 0 Å². The summed E-state index contributed by atoms with van der Waals surface area (Å²) >= 11 is 0. The Labute approximate surface area is 201 Å². The minimum absolute atomic E-state index is 0.202. The maximum atomic E-state index is 12.5. The first-order valence-corrected chi connectivity index (χ1v) is 14.7. The van der Waals surface area contributed by atoms with Gasteiger partial charge in [0.25, 0.3) is 0 Å². The summed E-state index contributed by atoms with van der Waals surface area (Å²) in [5.74, 6) is 0.329. The molecule has 0 spiro atoms. The van der Waals surface area contributed by atoms with Crippen LogP contribution in [0.15, 0.2) is 0 Å². The van der Waals surface area contributed by atoms with E-state index < -0.39 is 0 Å². The van der Waals surface area contributed by atoms with Crippen molar-refractivity contribution in [3.05, 3.63) is 0 Å². The van der Waals surface area contributed by atoms with Gasteiger partial charge in [-0.15, -0.1) is 0 Å². The highest BCUT2D eigenvalue weighted by Gasteiger charge is 2.25. The minimum Gasteiger partial charge on any atom is -0.396 e. The zero-order chi connectivity index (χ0) is 23.1. The molecule has 1 aliphatic rings. The second kappa shape index (κ2) is 22.2. The van der Waals surface area contributed by atoms with E-state index in [1.807, 2.05) is 0 Å². The van der Waals surface area contributed by atoms with Crippen molar-refractivity contribution >= 4 is 5.91 Å². The van der Waals surface area contributed by atoms with Gasteiger partial charge >= 0.3 is 0 Å². The average molecular weight is 452 g/mol. The molecule has 3 heteroatoms. The van der Waals surface area contributed by atoms with Gasteiger partial charge in [-0.05, 0) is 32.1 Å². The number of aliphatic hydroxyl groups excluding tert-OH is 1. The average Bonchev–Trinajstić information content (AvgIpc) is 2.81. The predicted octanol–water partition coefficient (Wildman–Crippen LogP) is 8.57. The van der Waals surface area contributed by atoms with Gasteiger partial charge in [0.2, 0.25) is 5.91 Å². The Hall–Kier alpha value is -0.570. The number of piperidine rings is 1. The standard InChI is InChI=1S/C29H57NO2/c1-2-3-4-5-6-7-8-9-10-11-12-13-14-15-16-17-18-19-20-24-29(32)30-26-22-21-23-28(30)25-27-31/h28,31H,2-27H2,1H3. The van der Waals surface area contributed by atoms with Gasteiger partial charge < -0.3 is 10.0 Å². The maximum Gasteiger partial charge on any atom is 0.222 e. The lowest BCUT2D eigenvalue weighted by Gasteiger charge is -2.35. The number of rotatable bonds is 22. The van der Waals surface area contributed by atoms with Crippen LogP contribution in [0.2, 0.25) is 0 Å². The highest BCUT2D eigenvalue weighted by molar-refractivity contribution is 5.76. The first-order valence-electron chi connectivity index (χ1n) is 14.7. The van der Waals surface area contributed by atoms with Crippen molar-refractivity contribution in [2.45, 2.75) is 167 Å². The van der Waals surface area contributed by atoms with E-state index in [1.165, 1.54) is 122 Å². The fourth-order valence-corrected chi connectivity index (χ4v) is 5.28. The Morgan fingerprint density at radius 1 is 0.688 bits per heavy atom. The summed E-state index contributed by atoms with van der Waals surface area (Å²) in [7, 11) is 0. The second-order valence-electron chi connectivity index (χ2n) is 10.4. The van der Waals surface area contributed by atoms with Crippen LogP contribution in [0.4, 0.5) is 0 Å². The van der Waals surface area contributed by atoms with Gasteiger partial charge in [0.15, 0.2) is 0 Å². The molecular weight excluding hydrogens is 394 g/mol. The van der Waals surface area contributed by atoms with E-state index in [0.29, 0.717) is 18.4 Å². The summed E-state index contributed by atoms with van der Waals surface area (Å²) in [6, 6.07) is 0.293. The summed E-state index contributed by atoms with van der Waals surface area (Å²) in [6.45, 7) is 3.40. The summed E-state index contributed by atoms with van der Waals surface area (Å²) in [6.07, 6.45) is 31.2. The molecule has 0 saturated carbocycles. The molecule has 0 aromatic carbocycles.